The Hall–Kier alpha value is -1.62. The maximum atomic E-state index is 13.3. The number of carbonyl (C=O) groups excluding carboxylic acids is 1. The van der Waals surface area contributed by atoms with Crippen LogP contribution in [0.25, 0.3) is 0 Å². The largest absolute Gasteiger partial charge is 0.349 e. The first-order chi connectivity index (χ1) is 11.5. The van der Waals surface area contributed by atoms with Crippen LogP contribution in [0.5, 0.6) is 0 Å². The van der Waals surface area contributed by atoms with E-state index in [1.165, 1.54) is 23.8 Å². The van der Waals surface area contributed by atoms with Crippen molar-refractivity contribution in [2.45, 2.75) is 31.5 Å². The molecule has 0 heterocycles. The summed E-state index contributed by atoms with van der Waals surface area (Å²) in [5.41, 5.74) is 1.42. The molecule has 0 radical (unpaired) electrons. The molecule has 1 fully saturated rings. The van der Waals surface area contributed by atoms with E-state index in [4.69, 9.17) is 23.2 Å². The van der Waals surface area contributed by atoms with Gasteiger partial charge in [-0.1, -0.05) is 35.3 Å². The molecule has 126 valence electrons. The van der Waals surface area contributed by atoms with E-state index in [2.05, 4.69) is 10.6 Å². The maximum absolute atomic E-state index is 13.3. The number of hydrogen-bond acceptors (Lipinski definition) is 2. The van der Waals surface area contributed by atoms with Gasteiger partial charge >= 0.3 is 0 Å². The molecule has 24 heavy (non-hydrogen) atoms. The van der Waals surface area contributed by atoms with E-state index in [-0.39, 0.29) is 22.5 Å². The van der Waals surface area contributed by atoms with Crippen molar-refractivity contribution in [3.05, 3.63) is 69.5 Å². The van der Waals surface area contributed by atoms with Crippen LogP contribution in [0.1, 0.15) is 28.8 Å². The molecule has 0 aromatic heterocycles. The van der Waals surface area contributed by atoms with E-state index in [1.54, 1.807) is 0 Å². The summed E-state index contributed by atoms with van der Waals surface area (Å²) in [4.78, 5) is 12.1. The van der Waals surface area contributed by atoms with E-state index in [9.17, 15) is 9.18 Å². The normalized spacial score (nSPS) is 19.6. The number of nitrogens with one attached hydrogen (secondary N) is 2. The fourth-order valence-electron chi connectivity index (χ4n) is 2.72. The Morgan fingerprint density at radius 1 is 1.04 bits per heavy atom. The average molecular weight is 367 g/mol. The lowest BCUT2D eigenvalue weighted by Gasteiger charge is -2.36. The Labute approximate surface area is 150 Å². The van der Waals surface area contributed by atoms with Crippen LogP contribution in [-0.2, 0) is 6.54 Å². The quantitative estimate of drug-likeness (QED) is 0.832. The summed E-state index contributed by atoms with van der Waals surface area (Å²) < 4.78 is 13.3. The van der Waals surface area contributed by atoms with Crippen molar-refractivity contribution in [3.63, 3.8) is 0 Å². The van der Waals surface area contributed by atoms with Gasteiger partial charge < -0.3 is 10.6 Å². The lowest BCUT2D eigenvalue weighted by atomic mass is 9.86. The molecule has 3 rings (SSSR count). The summed E-state index contributed by atoms with van der Waals surface area (Å²) in [7, 11) is 0. The van der Waals surface area contributed by atoms with Gasteiger partial charge in [-0.3, -0.25) is 4.79 Å². The molecular weight excluding hydrogens is 350 g/mol. The molecule has 1 saturated carbocycles. The van der Waals surface area contributed by atoms with Gasteiger partial charge in [0.2, 0.25) is 0 Å². The van der Waals surface area contributed by atoms with Crippen LogP contribution < -0.4 is 10.6 Å². The van der Waals surface area contributed by atoms with Gasteiger partial charge in [-0.15, -0.1) is 0 Å². The molecule has 2 aromatic carbocycles. The zero-order valence-corrected chi connectivity index (χ0v) is 14.4. The summed E-state index contributed by atoms with van der Waals surface area (Å²) in [6.45, 7) is 0.766. The van der Waals surface area contributed by atoms with Gasteiger partial charge in [0.05, 0.1) is 0 Å². The van der Waals surface area contributed by atoms with Crippen molar-refractivity contribution in [3.8, 4) is 0 Å². The molecule has 6 heteroatoms. The van der Waals surface area contributed by atoms with E-state index in [0.29, 0.717) is 6.04 Å². The number of halogens is 3. The lowest BCUT2D eigenvalue weighted by molar-refractivity contribution is 0.0901. The molecule has 2 aromatic rings. The summed E-state index contributed by atoms with van der Waals surface area (Å²) in [6.07, 6.45) is 1.70. The highest BCUT2D eigenvalue weighted by Crippen LogP contribution is 2.22. The molecule has 0 spiro atoms. The molecule has 2 N–H and O–H groups in total. The first-order valence-corrected chi connectivity index (χ1v) is 8.50. The molecule has 0 aliphatic heterocycles. The standard InChI is InChI=1S/C18H17Cl2FN2O/c19-13-3-1-11(2-4-13)10-22-16-8-17(9-16)23-18(24)12-5-14(20)7-15(21)6-12/h1-7,16-17,22H,8-10H2,(H,23,24). The second kappa shape index (κ2) is 7.51. The van der Waals surface area contributed by atoms with Crippen molar-refractivity contribution in [2.24, 2.45) is 0 Å². The minimum absolute atomic E-state index is 0.0993. The molecule has 0 atom stereocenters. The second-order valence-electron chi connectivity index (χ2n) is 6.00. The van der Waals surface area contributed by atoms with Gasteiger partial charge in [-0.05, 0) is 48.7 Å². The SMILES string of the molecule is O=C(NC1CC(NCc2ccc(Cl)cc2)C1)c1cc(F)cc(Cl)c1. The van der Waals surface area contributed by atoms with Gasteiger partial charge in [0.15, 0.2) is 0 Å². The number of carbonyl (C=O) groups is 1. The molecule has 1 amide bonds. The predicted octanol–water partition coefficient (Wildman–Crippen LogP) is 4.18. The predicted molar refractivity (Wildman–Crippen MR) is 94.0 cm³/mol. The van der Waals surface area contributed by atoms with Crippen LogP contribution in [0.2, 0.25) is 10.0 Å². The zero-order chi connectivity index (χ0) is 17.1. The Kier molecular flexibility index (Phi) is 5.39. The van der Waals surface area contributed by atoms with Crippen LogP contribution in [-0.4, -0.2) is 18.0 Å². The second-order valence-corrected chi connectivity index (χ2v) is 6.88. The van der Waals surface area contributed by atoms with Crippen LogP contribution >= 0.6 is 23.2 Å². The van der Waals surface area contributed by atoms with E-state index < -0.39 is 5.82 Å². The van der Waals surface area contributed by atoms with Crippen molar-refractivity contribution in [2.75, 3.05) is 0 Å². The number of benzene rings is 2. The number of hydrogen-bond donors (Lipinski definition) is 2. The van der Waals surface area contributed by atoms with Crippen LogP contribution in [0, 0.1) is 5.82 Å². The summed E-state index contributed by atoms with van der Waals surface area (Å²) >= 11 is 11.6. The molecular formula is C18H17Cl2FN2O. The summed E-state index contributed by atoms with van der Waals surface area (Å²) in [6, 6.07) is 12.0. The van der Waals surface area contributed by atoms with Crippen LogP contribution in [0.3, 0.4) is 0 Å². The van der Waals surface area contributed by atoms with E-state index in [0.717, 1.165) is 24.4 Å². The minimum atomic E-state index is -0.510. The van der Waals surface area contributed by atoms with E-state index >= 15 is 0 Å². The van der Waals surface area contributed by atoms with Crippen molar-refractivity contribution in [1.82, 2.24) is 10.6 Å². The molecule has 1 aliphatic rings. The molecule has 0 bridgehead atoms. The molecule has 1 aliphatic carbocycles. The monoisotopic (exact) mass is 366 g/mol. The average Bonchev–Trinajstić information content (AvgIpc) is 2.50. The Balaban J connectivity index is 1.43. The Morgan fingerprint density at radius 3 is 2.42 bits per heavy atom. The minimum Gasteiger partial charge on any atom is -0.349 e. The maximum Gasteiger partial charge on any atom is 0.251 e. The highest BCUT2D eigenvalue weighted by Gasteiger charge is 2.30. The third-order valence-corrected chi connectivity index (χ3v) is 4.58. The first-order valence-electron chi connectivity index (χ1n) is 7.74. The molecule has 0 unspecified atom stereocenters. The fraction of sp³-hybridized carbons (Fsp3) is 0.278. The summed E-state index contributed by atoms with van der Waals surface area (Å²) in [5, 5.41) is 7.29. The van der Waals surface area contributed by atoms with E-state index in [1.807, 2.05) is 24.3 Å². The lowest BCUT2D eigenvalue weighted by Crippen LogP contribution is -2.52. The topological polar surface area (TPSA) is 41.1 Å². The smallest absolute Gasteiger partial charge is 0.251 e. The van der Waals surface area contributed by atoms with Crippen molar-refractivity contribution in [1.29, 1.82) is 0 Å². The van der Waals surface area contributed by atoms with Gasteiger partial charge in [-0.25, -0.2) is 4.39 Å². The third-order valence-electron chi connectivity index (χ3n) is 4.11. The van der Waals surface area contributed by atoms with Gasteiger partial charge in [0.25, 0.3) is 5.91 Å². The fourth-order valence-corrected chi connectivity index (χ4v) is 3.07. The zero-order valence-electron chi connectivity index (χ0n) is 12.9. The van der Waals surface area contributed by atoms with Gasteiger partial charge in [0, 0.05) is 34.2 Å². The molecule has 0 saturated heterocycles. The van der Waals surface area contributed by atoms with Crippen molar-refractivity contribution >= 4 is 29.1 Å². The Bertz CT molecular complexity index is 710. The molecule has 3 nitrogen and oxygen atoms in total. The third kappa shape index (κ3) is 4.47. The highest BCUT2D eigenvalue weighted by molar-refractivity contribution is 6.31. The van der Waals surface area contributed by atoms with Gasteiger partial charge in [-0.2, -0.15) is 0 Å². The first kappa shape index (κ1) is 17.2. The summed E-state index contributed by atoms with van der Waals surface area (Å²) in [5.74, 6) is -0.804. The Morgan fingerprint density at radius 2 is 1.75 bits per heavy atom. The van der Waals surface area contributed by atoms with Crippen molar-refractivity contribution < 1.29 is 9.18 Å². The number of amides is 1. The highest BCUT2D eigenvalue weighted by atomic mass is 35.5. The van der Waals surface area contributed by atoms with Crippen LogP contribution in [0.15, 0.2) is 42.5 Å². The van der Waals surface area contributed by atoms with Gasteiger partial charge in [0.1, 0.15) is 5.82 Å². The number of rotatable bonds is 5. The van der Waals surface area contributed by atoms with Crippen LogP contribution in [0.4, 0.5) is 4.39 Å².